The van der Waals surface area contributed by atoms with E-state index in [1.54, 1.807) is 0 Å². The van der Waals surface area contributed by atoms with Gasteiger partial charge in [0.15, 0.2) is 0 Å². The first-order valence-electron chi connectivity index (χ1n) is 7.12. The van der Waals surface area contributed by atoms with Crippen molar-refractivity contribution >= 4 is 0 Å². The van der Waals surface area contributed by atoms with Crippen LogP contribution in [0.5, 0.6) is 0 Å². The van der Waals surface area contributed by atoms with Crippen molar-refractivity contribution in [3.63, 3.8) is 0 Å². The molecular weight excluding hydrogens is 222 g/mol. The summed E-state index contributed by atoms with van der Waals surface area (Å²) < 4.78 is 2.11. The van der Waals surface area contributed by atoms with E-state index in [0.29, 0.717) is 10.8 Å². The molecule has 0 radical (unpaired) electrons. The number of nitrogens with zero attached hydrogens (tertiary/aromatic N) is 2. The van der Waals surface area contributed by atoms with E-state index in [1.807, 2.05) is 6.20 Å². The molecule has 1 saturated carbocycles. The Morgan fingerprint density at radius 1 is 1.28 bits per heavy atom. The molecule has 1 aliphatic carbocycles. The fourth-order valence-electron chi connectivity index (χ4n) is 3.11. The highest BCUT2D eigenvalue weighted by Gasteiger charge is 2.63. The number of aromatic nitrogens is 2. The standard InChI is InChI=1S/C15H27N3/c1-6-9-18-12(7-8-17-18)10-16-11-13-14(2,3)15(13,4)5/h7-8,13,16H,6,9-11H2,1-5H3. The van der Waals surface area contributed by atoms with Crippen LogP contribution in [0.3, 0.4) is 0 Å². The number of rotatable bonds is 6. The highest BCUT2D eigenvalue weighted by Crippen LogP contribution is 2.67. The highest BCUT2D eigenvalue weighted by molar-refractivity contribution is 5.13. The van der Waals surface area contributed by atoms with Gasteiger partial charge in [-0.1, -0.05) is 34.6 Å². The summed E-state index contributed by atoms with van der Waals surface area (Å²) in [5, 5.41) is 7.95. The van der Waals surface area contributed by atoms with Crippen molar-refractivity contribution in [3.05, 3.63) is 18.0 Å². The topological polar surface area (TPSA) is 29.9 Å². The average molecular weight is 249 g/mol. The molecule has 1 aromatic heterocycles. The Balaban J connectivity index is 1.81. The molecule has 1 N–H and O–H groups in total. The molecule has 0 atom stereocenters. The van der Waals surface area contributed by atoms with E-state index in [1.165, 1.54) is 5.69 Å². The minimum absolute atomic E-state index is 0.476. The average Bonchev–Trinajstić information content (AvgIpc) is 2.66. The number of nitrogens with one attached hydrogen (secondary N) is 1. The van der Waals surface area contributed by atoms with Crippen LogP contribution in [0.2, 0.25) is 0 Å². The van der Waals surface area contributed by atoms with Gasteiger partial charge in [0.2, 0.25) is 0 Å². The van der Waals surface area contributed by atoms with Crippen LogP contribution in [0.25, 0.3) is 0 Å². The maximum atomic E-state index is 4.35. The fraction of sp³-hybridized carbons (Fsp3) is 0.800. The lowest BCUT2D eigenvalue weighted by Gasteiger charge is -2.08. The zero-order valence-corrected chi connectivity index (χ0v) is 12.5. The molecule has 0 aliphatic heterocycles. The van der Waals surface area contributed by atoms with Crippen LogP contribution >= 0.6 is 0 Å². The van der Waals surface area contributed by atoms with Gasteiger partial charge >= 0.3 is 0 Å². The summed E-state index contributed by atoms with van der Waals surface area (Å²) in [6, 6.07) is 2.12. The second kappa shape index (κ2) is 4.69. The summed E-state index contributed by atoms with van der Waals surface area (Å²) in [5.41, 5.74) is 2.25. The third-order valence-electron chi connectivity index (χ3n) is 5.21. The van der Waals surface area contributed by atoms with Crippen LogP contribution in [0.1, 0.15) is 46.7 Å². The van der Waals surface area contributed by atoms with E-state index in [4.69, 9.17) is 0 Å². The van der Waals surface area contributed by atoms with Gasteiger partial charge in [-0.15, -0.1) is 0 Å². The third-order valence-corrected chi connectivity index (χ3v) is 5.21. The Morgan fingerprint density at radius 2 is 1.94 bits per heavy atom. The summed E-state index contributed by atoms with van der Waals surface area (Å²) in [6.45, 7) is 14.8. The van der Waals surface area contributed by atoms with E-state index >= 15 is 0 Å². The van der Waals surface area contributed by atoms with Crippen molar-refractivity contribution in [1.82, 2.24) is 15.1 Å². The number of hydrogen-bond donors (Lipinski definition) is 1. The molecule has 1 fully saturated rings. The predicted octanol–water partition coefficient (Wildman–Crippen LogP) is 3.06. The lowest BCUT2D eigenvalue weighted by atomic mass is 10.0. The number of aryl methyl sites for hydroxylation is 1. The van der Waals surface area contributed by atoms with E-state index in [0.717, 1.165) is 32.0 Å². The first-order valence-corrected chi connectivity index (χ1v) is 7.12. The summed E-state index contributed by atoms with van der Waals surface area (Å²) in [4.78, 5) is 0. The predicted molar refractivity (Wildman–Crippen MR) is 75.3 cm³/mol. The summed E-state index contributed by atoms with van der Waals surface area (Å²) in [6.07, 6.45) is 3.04. The van der Waals surface area contributed by atoms with E-state index in [9.17, 15) is 0 Å². The number of hydrogen-bond acceptors (Lipinski definition) is 2. The molecule has 2 rings (SSSR count). The van der Waals surface area contributed by atoms with Crippen LogP contribution in [-0.2, 0) is 13.1 Å². The first-order chi connectivity index (χ1) is 8.41. The van der Waals surface area contributed by atoms with Crippen LogP contribution in [-0.4, -0.2) is 16.3 Å². The van der Waals surface area contributed by atoms with Crippen LogP contribution < -0.4 is 5.32 Å². The molecule has 3 nitrogen and oxygen atoms in total. The molecule has 1 aromatic rings. The minimum atomic E-state index is 0.476. The van der Waals surface area contributed by atoms with Crippen LogP contribution in [0, 0.1) is 16.7 Å². The smallest absolute Gasteiger partial charge is 0.0522 e. The Labute approximate surface area is 111 Å². The van der Waals surface area contributed by atoms with Gasteiger partial charge in [-0.3, -0.25) is 4.68 Å². The quantitative estimate of drug-likeness (QED) is 0.839. The van der Waals surface area contributed by atoms with Crippen molar-refractivity contribution in [2.45, 2.75) is 54.1 Å². The molecule has 3 heteroatoms. The maximum absolute atomic E-state index is 4.35. The van der Waals surface area contributed by atoms with Gasteiger partial charge in [0.05, 0.1) is 5.69 Å². The molecule has 1 aliphatic rings. The zero-order valence-electron chi connectivity index (χ0n) is 12.5. The van der Waals surface area contributed by atoms with Crippen molar-refractivity contribution in [2.24, 2.45) is 16.7 Å². The molecule has 102 valence electrons. The lowest BCUT2D eigenvalue weighted by molar-refractivity contribution is 0.457. The summed E-state index contributed by atoms with van der Waals surface area (Å²) in [7, 11) is 0. The molecule has 0 spiro atoms. The van der Waals surface area contributed by atoms with Crippen LogP contribution in [0.4, 0.5) is 0 Å². The maximum Gasteiger partial charge on any atom is 0.0522 e. The van der Waals surface area contributed by atoms with Crippen molar-refractivity contribution < 1.29 is 0 Å². The molecular formula is C15H27N3. The van der Waals surface area contributed by atoms with E-state index in [-0.39, 0.29) is 0 Å². The van der Waals surface area contributed by atoms with Gasteiger partial charge in [0.1, 0.15) is 0 Å². The van der Waals surface area contributed by atoms with E-state index in [2.05, 4.69) is 55.8 Å². The van der Waals surface area contributed by atoms with Gasteiger partial charge in [-0.05, 0) is 35.8 Å². The van der Waals surface area contributed by atoms with Crippen molar-refractivity contribution in [2.75, 3.05) is 6.54 Å². The third kappa shape index (κ3) is 2.20. The molecule has 0 bridgehead atoms. The Hall–Kier alpha value is -0.830. The Bertz CT molecular complexity index is 390. The van der Waals surface area contributed by atoms with E-state index < -0.39 is 0 Å². The first kappa shape index (κ1) is 13.6. The SMILES string of the molecule is CCCn1nccc1CNCC1C(C)(C)C1(C)C. The molecule has 18 heavy (non-hydrogen) atoms. The van der Waals surface area contributed by atoms with Gasteiger partial charge in [-0.2, -0.15) is 5.10 Å². The second-order valence-electron chi connectivity index (χ2n) is 6.67. The monoisotopic (exact) mass is 249 g/mol. The Kier molecular flexibility index (Phi) is 3.54. The lowest BCUT2D eigenvalue weighted by Crippen LogP contribution is -2.21. The Morgan fingerprint density at radius 3 is 2.50 bits per heavy atom. The summed E-state index contributed by atoms with van der Waals surface area (Å²) >= 11 is 0. The minimum Gasteiger partial charge on any atom is -0.311 e. The van der Waals surface area contributed by atoms with Gasteiger partial charge in [-0.25, -0.2) is 0 Å². The van der Waals surface area contributed by atoms with Gasteiger partial charge < -0.3 is 5.32 Å². The van der Waals surface area contributed by atoms with Gasteiger partial charge in [0.25, 0.3) is 0 Å². The molecule has 0 saturated heterocycles. The zero-order chi connectivity index (χ0) is 13.4. The van der Waals surface area contributed by atoms with Crippen molar-refractivity contribution in [1.29, 1.82) is 0 Å². The summed E-state index contributed by atoms with van der Waals surface area (Å²) in [5.74, 6) is 0.785. The van der Waals surface area contributed by atoms with Gasteiger partial charge in [0, 0.05) is 19.3 Å². The highest BCUT2D eigenvalue weighted by atomic mass is 15.3. The second-order valence-corrected chi connectivity index (χ2v) is 6.67. The normalized spacial score (nSPS) is 21.2. The largest absolute Gasteiger partial charge is 0.311 e. The fourth-order valence-corrected chi connectivity index (χ4v) is 3.11. The van der Waals surface area contributed by atoms with Crippen molar-refractivity contribution in [3.8, 4) is 0 Å². The molecule has 0 amide bonds. The molecule has 0 unspecified atom stereocenters. The molecule has 1 heterocycles. The molecule has 0 aromatic carbocycles. The van der Waals surface area contributed by atoms with Crippen LogP contribution in [0.15, 0.2) is 12.3 Å².